The van der Waals surface area contributed by atoms with E-state index in [4.69, 9.17) is 9.88 Å². The van der Waals surface area contributed by atoms with Crippen LogP contribution in [0.3, 0.4) is 0 Å². The summed E-state index contributed by atoms with van der Waals surface area (Å²) in [4.78, 5) is 24.8. The molecule has 0 unspecified atom stereocenters. The van der Waals surface area contributed by atoms with Crippen molar-refractivity contribution in [2.75, 3.05) is 20.1 Å². The van der Waals surface area contributed by atoms with Crippen LogP contribution >= 0.6 is 0 Å². The van der Waals surface area contributed by atoms with Crippen LogP contribution in [-0.2, 0) is 26.0 Å². The number of ether oxygens (including phenoxy) is 1. The van der Waals surface area contributed by atoms with E-state index < -0.39 is 21.7 Å². The normalized spacial score (nSPS) is 11.7. The lowest BCUT2D eigenvalue weighted by atomic mass is 10.1. The summed E-state index contributed by atoms with van der Waals surface area (Å²) >= 11 is 0. The summed E-state index contributed by atoms with van der Waals surface area (Å²) in [5, 5.41) is 7.72. The van der Waals surface area contributed by atoms with Crippen molar-refractivity contribution in [3.63, 3.8) is 0 Å². The third-order valence-corrected chi connectivity index (χ3v) is 4.00. The first-order chi connectivity index (χ1) is 11.4. The molecule has 3 N–H and O–H groups in total. The van der Waals surface area contributed by atoms with Gasteiger partial charge in [0.1, 0.15) is 12.1 Å². The molecule has 0 radical (unpaired) electrons. The maximum absolute atomic E-state index is 11.8. The van der Waals surface area contributed by atoms with Gasteiger partial charge in [0.25, 0.3) is 0 Å². The lowest BCUT2D eigenvalue weighted by molar-refractivity contribution is -0.121. The number of nitrogens with one attached hydrogen (secondary N) is 1. The predicted molar refractivity (Wildman–Crippen MR) is 93.4 cm³/mol. The van der Waals surface area contributed by atoms with Crippen molar-refractivity contribution >= 4 is 22.0 Å². The van der Waals surface area contributed by atoms with Gasteiger partial charge < -0.3 is 15.0 Å². The largest absolute Gasteiger partial charge is 0.444 e. The number of likely N-dealkylation sites (N-methyl/N-ethyl adjacent to an activating group) is 1. The molecule has 0 heterocycles. The van der Waals surface area contributed by atoms with E-state index in [1.807, 2.05) is 0 Å². The number of benzene rings is 1. The molecule has 0 aliphatic heterocycles. The van der Waals surface area contributed by atoms with Gasteiger partial charge in [-0.05, 0) is 44.9 Å². The van der Waals surface area contributed by atoms with E-state index in [-0.39, 0.29) is 17.3 Å². The fraction of sp³-hybridized carbons (Fsp3) is 0.500. The number of primary sulfonamides is 1. The molecule has 0 atom stereocenters. The maximum Gasteiger partial charge on any atom is 0.410 e. The van der Waals surface area contributed by atoms with Crippen molar-refractivity contribution < 1.29 is 22.7 Å². The smallest absolute Gasteiger partial charge is 0.410 e. The van der Waals surface area contributed by atoms with Crippen LogP contribution in [0.4, 0.5) is 4.79 Å². The molecule has 0 bridgehead atoms. The Kier molecular flexibility index (Phi) is 6.95. The van der Waals surface area contributed by atoms with Crippen molar-refractivity contribution in [3.05, 3.63) is 29.8 Å². The molecule has 2 amide bonds. The Hall–Kier alpha value is -2.13. The number of carbonyl (C=O) groups excluding carboxylic acids is 2. The zero-order valence-electron chi connectivity index (χ0n) is 14.9. The van der Waals surface area contributed by atoms with Crippen LogP contribution in [0.5, 0.6) is 0 Å². The second kappa shape index (κ2) is 8.30. The second-order valence-electron chi connectivity index (χ2n) is 6.63. The summed E-state index contributed by atoms with van der Waals surface area (Å²) < 4.78 is 27.5. The van der Waals surface area contributed by atoms with Gasteiger partial charge in [0.2, 0.25) is 15.9 Å². The molecule has 9 heteroatoms. The summed E-state index contributed by atoms with van der Waals surface area (Å²) in [7, 11) is -2.22. The van der Waals surface area contributed by atoms with Gasteiger partial charge in [0, 0.05) is 13.6 Å². The maximum atomic E-state index is 11.8. The summed E-state index contributed by atoms with van der Waals surface area (Å²) in [6.07, 6.45) is -0.0477. The van der Waals surface area contributed by atoms with Crippen LogP contribution in [0.15, 0.2) is 29.2 Å². The van der Waals surface area contributed by atoms with Crippen molar-refractivity contribution in [1.82, 2.24) is 10.2 Å². The van der Waals surface area contributed by atoms with Gasteiger partial charge in [-0.1, -0.05) is 12.1 Å². The third kappa shape index (κ3) is 7.99. The van der Waals surface area contributed by atoms with Crippen LogP contribution in [0.25, 0.3) is 0 Å². The Morgan fingerprint density at radius 1 is 1.20 bits per heavy atom. The summed E-state index contributed by atoms with van der Waals surface area (Å²) in [6, 6.07) is 6.11. The standard InChI is InChI=1S/C16H25N3O5S/c1-16(2,3)24-15(21)19(4)11-14(20)18-10-9-12-5-7-13(8-6-12)25(17,22)23/h5-8H,9-11H2,1-4H3,(H,18,20)(H2,17,22,23). The van der Waals surface area contributed by atoms with Crippen LogP contribution in [-0.4, -0.2) is 51.1 Å². The molecular formula is C16H25N3O5S. The lowest BCUT2D eigenvalue weighted by Crippen LogP contribution is -2.41. The van der Waals surface area contributed by atoms with Crippen LogP contribution in [0.1, 0.15) is 26.3 Å². The fourth-order valence-corrected chi connectivity index (χ4v) is 2.38. The average molecular weight is 371 g/mol. The SMILES string of the molecule is CN(CC(=O)NCCc1ccc(S(N)(=O)=O)cc1)C(=O)OC(C)(C)C. The molecule has 1 aromatic carbocycles. The minimum atomic E-state index is -3.71. The van der Waals surface area contributed by atoms with Gasteiger partial charge in [-0.3, -0.25) is 4.79 Å². The molecule has 0 saturated heterocycles. The minimum absolute atomic E-state index is 0.0410. The molecule has 0 saturated carbocycles. The summed E-state index contributed by atoms with van der Waals surface area (Å²) in [5.41, 5.74) is 0.235. The molecule has 0 aliphatic carbocycles. The highest BCUT2D eigenvalue weighted by Crippen LogP contribution is 2.10. The zero-order valence-corrected chi connectivity index (χ0v) is 15.7. The van der Waals surface area contributed by atoms with Crippen LogP contribution in [0.2, 0.25) is 0 Å². The fourth-order valence-electron chi connectivity index (χ4n) is 1.87. The number of nitrogens with two attached hydrogens (primary N) is 1. The molecule has 0 fully saturated rings. The van der Waals surface area contributed by atoms with E-state index in [0.29, 0.717) is 13.0 Å². The summed E-state index contributed by atoms with van der Waals surface area (Å²) in [6.45, 7) is 5.49. The Morgan fingerprint density at radius 2 is 1.76 bits per heavy atom. The van der Waals surface area contributed by atoms with Gasteiger partial charge in [0.15, 0.2) is 0 Å². The zero-order chi connectivity index (χ0) is 19.3. The third-order valence-electron chi connectivity index (χ3n) is 3.07. The van der Waals surface area contributed by atoms with E-state index in [1.54, 1.807) is 32.9 Å². The number of rotatable bonds is 6. The molecule has 0 aliphatic rings. The number of hydrogen-bond acceptors (Lipinski definition) is 5. The lowest BCUT2D eigenvalue weighted by Gasteiger charge is -2.24. The summed E-state index contributed by atoms with van der Waals surface area (Å²) in [5.74, 6) is -0.311. The van der Waals surface area contributed by atoms with Gasteiger partial charge in [-0.15, -0.1) is 0 Å². The van der Waals surface area contributed by atoms with Gasteiger partial charge in [-0.25, -0.2) is 18.4 Å². The number of amides is 2. The topological polar surface area (TPSA) is 119 Å². The number of hydrogen-bond donors (Lipinski definition) is 2. The quantitative estimate of drug-likeness (QED) is 0.769. The van der Waals surface area contributed by atoms with Crippen molar-refractivity contribution in [1.29, 1.82) is 0 Å². The first-order valence-corrected chi connectivity index (χ1v) is 9.26. The highest BCUT2D eigenvalue weighted by Gasteiger charge is 2.20. The molecule has 0 spiro atoms. The monoisotopic (exact) mass is 371 g/mol. The average Bonchev–Trinajstić information content (AvgIpc) is 2.45. The number of carbonyl (C=O) groups is 2. The molecule has 1 rings (SSSR count). The Labute approximate surface area is 148 Å². The number of nitrogens with zero attached hydrogens (tertiary/aromatic N) is 1. The molecule has 25 heavy (non-hydrogen) atoms. The molecule has 140 valence electrons. The molecular weight excluding hydrogens is 346 g/mol. The van der Waals surface area contributed by atoms with Gasteiger partial charge >= 0.3 is 6.09 Å². The first kappa shape index (κ1) is 20.9. The molecule has 8 nitrogen and oxygen atoms in total. The Balaban J connectivity index is 2.41. The predicted octanol–water partition coefficient (Wildman–Crippen LogP) is 0.860. The van der Waals surface area contributed by atoms with E-state index in [1.165, 1.54) is 24.1 Å². The minimum Gasteiger partial charge on any atom is -0.444 e. The van der Waals surface area contributed by atoms with Crippen LogP contribution < -0.4 is 10.5 Å². The number of sulfonamides is 1. The first-order valence-electron chi connectivity index (χ1n) is 7.71. The highest BCUT2D eigenvalue weighted by atomic mass is 32.2. The highest BCUT2D eigenvalue weighted by molar-refractivity contribution is 7.89. The van der Waals surface area contributed by atoms with E-state index >= 15 is 0 Å². The van der Waals surface area contributed by atoms with Crippen LogP contribution in [0, 0.1) is 0 Å². The van der Waals surface area contributed by atoms with Crippen molar-refractivity contribution in [2.45, 2.75) is 37.7 Å². The van der Waals surface area contributed by atoms with Crippen molar-refractivity contribution in [2.24, 2.45) is 5.14 Å². The van der Waals surface area contributed by atoms with Gasteiger partial charge in [-0.2, -0.15) is 0 Å². The van der Waals surface area contributed by atoms with E-state index in [0.717, 1.165) is 5.56 Å². The Bertz CT molecular complexity index is 708. The Morgan fingerprint density at radius 3 is 2.24 bits per heavy atom. The molecule has 1 aromatic rings. The van der Waals surface area contributed by atoms with E-state index in [9.17, 15) is 18.0 Å². The van der Waals surface area contributed by atoms with E-state index in [2.05, 4.69) is 5.32 Å². The van der Waals surface area contributed by atoms with Crippen molar-refractivity contribution in [3.8, 4) is 0 Å². The molecule has 0 aromatic heterocycles. The van der Waals surface area contributed by atoms with Gasteiger partial charge in [0.05, 0.1) is 4.90 Å². The second-order valence-corrected chi connectivity index (χ2v) is 8.19.